The van der Waals surface area contributed by atoms with Crippen molar-refractivity contribution in [3.63, 3.8) is 0 Å². The second-order valence-corrected chi connectivity index (χ2v) is 3.90. The molecule has 0 aromatic rings. The zero-order valence-electron chi connectivity index (χ0n) is 6.92. The summed E-state index contributed by atoms with van der Waals surface area (Å²) in [4.78, 5) is 2.30. The van der Waals surface area contributed by atoms with Crippen LogP contribution in [-0.4, -0.2) is 48.5 Å². The Labute approximate surface area is 72.3 Å². The van der Waals surface area contributed by atoms with Crippen LogP contribution < -0.4 is 4.72 Å². The van der Waals surface area contributed by atoms with E-state index < -0.39 is 0 Å². The van der Waals surface area contributed by atoms with Gasteiger partial charge in [0, 0.05) is 25.4 Å². The van der Waals surface area contributed by atoms with Crippen molar-refractivity contribution in [1.82, 2.24) is 9.62 Å². The van der Waals surface area contributed by atoms with Crippen molar-refractivity contribution in [3.8, 4) is 0 Å². The minimum Gasteiger partial charge on any atom is -0.392 e. The van der Waals surface area contributed by atoms with Crippen LogP contribution in [0.3, 0.4) is 0 Å². The molecule has 11 heavy (non-hydrogen) atoms. The SMILES string of the molecule is CNSCCN1CCC(O)C1. The third-order valence-electron chi connectivity index (χ3n) is 1.90. The van der Waals surface area contributed by atoms with E-state index in [9.17, 15) is 5.11 Å². The number of hydrogen-bond acceptors (Lipinski definition) is 4. The molecule has 0 spiro atoms. The molecule has 0 bridgehead atoms. The minimum absolute atomic E-state index is 0.0745. The van der Waals surface area contributed by atoms with Gasteiger partial charge in [0.2, 0.25) is 0 Å². The third-order valence-corrected chi connectivity index (χ3v) is 2.58. The van der Waals surface area contributed by atoms with Crippen molar-refractivity contribution in [2.75, 3.05) is 32.4 Å². The molecular weight excluding hydrogens is 160 g/mol. The fourth-order valence-electron chi connectivity index (χ4n) is 1.29. The summed E-state index contributed by atoms with van der Waals surface area (Å²) in [5.41, 5.74) is 0. The molecule has 0 radical (unpaired) electrons. The highest BCUT2D eigenvalue weighted by Gasteiger charge is 2.18. The van der Waals surface area contributed by atoms with Gasteiger partial charge in [0.1, 0.15) is 0 Å². The normalized spacial score (nSPS) is 26.2. The summed E-state index contributed by atoms with van der Waals surface area (Å²) in [6, 6.07) is 0. The van der Waals surface area contributed by atoms with E-state index in [0.29, 0.717) is 0 Å². The molecule has 0 saturated carbocycles. The van der Waals surface area contributed by atoms with Crippen LogP contribution in [0.2, 0.25) is 0 Å². The summed E-state index contributed by atoms with van der Waals surface area (Å²) in [6.07, 6.45) is 0.874. The van der Waals surface area contributed by atoms with Crippen molar-refractivity contribution < 1.29 is 5.11 Å². The maximum Gasteiger partial charge on any atom is 0.0679 e. The predicted octanol–water partition coefficient (Wildman–Crippen LogP) is -0.0794. The Hall–Kier alpha value is 0.230. The Morgan fingerprint density at radius 1 is 1.73 bits per heavy atom. The van der Waals surface area contributed by atoms with Gasteiger partial charge in [0.25, 0.3) is 0 Å². The maximum atomic E-state index is 9.19. The van der Waals surface area contributed by atoms with E-state index in [-0.39, 0.29) is 6.10 Å². The van der Waals surface area contributed by atoms with Crippen LogP contribution in [0.25, 0.3) is 0 Å². The van der Waals surface area contributed by atoms with Gasteiger partial charge in [-0.25, -0.2) is 0 Å². The molecule has 3 nitrogen and oxygen atoms in total. The summed E-state index contributed by atoms with van der Waals surface area (Å²) in [7, 11) is 1.93. The van der Waals surface area contributed by atoms with E-state index in [1.807, 2.05) is 7.05 Å². The first-order chi connectivity index (χ1) is 5.33. The van der Waals surface area contributed by atoms with Crippen LogP contribution in [0.5, 0.6) is 0 Å². The second-order valence-electron chi connectivity index (χ2n) is 2.80. The highest BCUT2D eigenvalue weighted by atomic mass is 32.2. The Balaban J connectivity index is 1.99. The van der Waals surface area contributed by atoms with Gasteiger partial charge < -0.3 is 5.11 Å². The summed E-state index contributed by atoms with van der Waals surface area (Å²) in [5.74, 6) is 1.10. The maximum absolute atomic E-state index is 9.19. The lowest BCUT2D eigenvalue weighted by atomic mass is 10.3. The highest BCUT2D eigenvalue weighted by Crippen LogP contribution is 2.08. The van der Waals surface area contributed by atoms with Crippen LogP contribution in [-0.2, 0) is 0 Å². The molecule has 1 saturated heterocycles. The van der Waals surface area contributed by atoms with Gasteiger partial charge in [-0.2, -0.15) is 0 Å². The van der Waals surface area contributed by atoms with E-state index in [1.54, 1.807) is 11.9 Å². The summed E-state index contributed by atoms with van der Waals surface area (Å²) in [6.45, 7) is 3.01. The molecule has 0 aromatic heterocycles. The number of nitrogens with zero attached hydrogens (tertiary/aromatic N) is 1. The number of hydrogen-bond donors (Lipinski definition) is 2. The third kappa shape index (κ3) is 3.42. The molecule has 66 valence electrons. The molecule has 0 amide bonds. The number of rotatable bonds is 4. The van der Waals surface area contributed by atoms with Gasteiger partial charge in [-0.05, 0) is 13.5 Å². The number of likely N-dealkylation sites (tertiary alicyclic amines) is 1. The molecule has 1 atom stereocenters. The fraction of sp³-hybridized carbons (Fsp3) is 1.00. The molecule has 1 fully saturated rings. The Kier molecular flexibility index (Phi) is 4.22. The zero-order valence-corrected chi connectivity index (χ0v) is 7.73. The molecule has 1 aliphatic rings. The quantitative estimate of drug-likeness (QED) is 0.464. The lowest BCUT2D eigenvalue weighted by molar-refractivity contribution is 0.178. The monoisotopic (exact) mass is 176 g/mol. The van der Waals surface area contributed by atoms with E-state index in [2.05, 4.69) is 9.62 Å². The first-order valence-electron chi connectivity index (χ1n) is 4.02. The lowest BCUT2D eigenvalue weighted by Crippen LogP contribution is -2.25. The fourth-order valence-corrected chi connectivity index (χ4v) is 1.85. The van der Waals surface area contributed by atoms with Crippen molar-refractivity contribution in [2.45, 2.75) is 12.5 Å². The lowest BCUT2D eigenvalue weighted by Gasteiger charge is -2.13. The summed E-state index contributed by atoms with van der Waals surface area (Å²) >= 11 is 1.72. The summed E-state index contributed by atoms with van der Waals surface area (Å²) in [5, 5.41) is 9.19. The van der Waals surface area contributed by atoms with Gasteiger partial charge in [-0.15, -0.1) is 0 Å². The average molecular weight is 176 g/mol. The molecule has 1 heterocycles. The molecule has 1 aliphatic heterocycles. The molecule has 2 N–H and O–H groups in total. The van der Waals surface area contributed by atoms with Crippen LogP contribution in [0, 0.1) is 0 Å². The van der Waals surface area contributed by atoms with Gasteiger partial charge in [0.15, 0.2) is 0 Å². The first kappa shape index (κ1) is 9.32. The van der Waals surface area contributed by atoms with Crippen molar-refractivity contribution in [3.05, 3.63) is 0 Å². The van der Waals surface area contributed by atoms with E-state index in [4.69, 9.17) is 0 Å². The largest absolute Gasteiger partial charge is 0.392 e. The van der Waals surface area contributed by atoms with Gasteiger partial charge in [0.05, 0.1) is 6.10 Å². The smallest absolute Gasteiger partial charge is 0.0679 e. The Bertz CT molecular complexity index is 113. The predicted molar refractivity (Wildman–Crippen MR) is 48.6 cm³/mol. The molecule has 0 aromatic carbocycles. The van der Waals surface area contributed by atoms with Crippen LogP contribution >= 0.6 is 11.9 Å². The number of aliphatic hydroxyl groups excluding tert-OH is 1. The number of aliphatic hydroxyl groups is 1. The molecule has 0 aliphatic carbocycles. The van der Waals surface area contributed by atoms with Crippen molar-refractivity contribution >= 4 is 11.9 Å². The van der Waals surface area contributed by atoms with E-state index >= 15 is 0 Å². The Morgan fingerprint density at radius 3 is 3.09 bits per heavy atom. The second kappa shape index (κ2) is 4.98. The van der Waals surface area contributed by atoms with E-state index in [0.717, 1.165) is 31.8 Å². The standard InChI is InChI=1S/C7H16N2OS/c1-8-11-5-4-9-3-2-7(10)6-9/h7-8,10H,2-6H2,1H3. The van der Waals surface area contributed by atoms with Crippen LogP contribution in [0.1, 0.15) is 6.42 Å². The first-order valence-corrected chi connectivity index (χ1v) is 5.00. The van der Waals surface area contributed by atoms with Gasteiger partial charge >= 0.3 is 0 Å². The van der Waals surface area contributed by atoms with Crippen molar-refractivity contribution in [1.29, 1.82) is 0 Å². The minimum atomic E-state index is -0.0745. The van der Waals surface area contributed by atoms with E-state index in [1.165, 1.54) is 0 Å². The van der Waals surface area contributed by atoms with Gasteiger partial charge in [-0.3, -0.25) is 9.62 Å². The molecular formula is C7H16N2OS. The molecule has 1 unspecified atom stereocenters. The average Bonchev–Trinajstić information content (AvgIpc) is 2.37. The number of nitrogens with one attached hydrogen (secondary N) is 1. The summed E-state index contributed by atoms with van der Waals surface area (Å²) < 4.78 is 3.03. The number of β-amino-alcohol motifs (C(OH)–C–C–N with tert-alkyl or cyclic N) is 1. The Morgan fingerprint density at radius 2 is 2.55 bits per heavy atom. The van der Waals surface area contributed by atoms with Crippen LogP contribution in [0.4, 0.5) is 0 Å². The van der Waals surface area contributed by atoms with Crippen molar-refractivity contribution in [2.24, 2.45) is 0 Å². The topological polar surface area (TPSA) is 35.5 Å². The molecule has 1 rings (SSSR count). The zero-order chi connectivity index (χ0) is 8.10. The molecule has 4 heteroatoms. The highest BCUT2D eigenvalue weighted by molar-refractivity contribution is 7.97. The van der Waals surface area contributed by atoms with Gasteiger partial charge in [-0.1, -0.05) is 11.9 Å². The van der Waals surface area contributed by atoms with Crippen LogP contribution in [0.15, 0.2) is 0 Å².